The molecule has 0 aliphatic carbocycles. The summed E-state index contributed by atoms with van der Waals surface area (Å²) in [4.78, 5) is 0. The van der Waals surface area contributed by atoms with Gasteiger partial charge in [-0.25, -0.2) is 0 Å². The van der Waals surface area contributed by atoms with Gasteiger partial charge in [0, 0.05) is 19.3 Å². The Hall–Kier alpha value is -2.28. The van der Waals surface area contributed by atoms with Crippen LogP contribution < -0.4 is 5.32 Å². The molecule has 2 rings (SSSR count). The second-order valence-corrected chi connectivity index (χ2v) is 4.00. The van der Waals surface area contributed by atoms with E-state index in [-0.39, 0.29) is 6.04 Å². The Morgan fingerprint density at radius 2 is 2.06 bits per heavy atom. The fourth-order valence-electron chi connectivity index (χ4n) is 1.68. The average molecular weight is 226 g/mol. The second kappa shape index (κ2) is 4.71. The minimum absolute atomic E-state index is 0.187. The molecule has 17 heavy (non-hydrogen) atoms. The molecule has 0 radical (unpaired) electrons. The molecule has 1 aromatic heterocycles. The number of benzene rings is 1. The predicted octanol–water partition coefficient (Wildman–Crippen LogP) is 2.46. The number of aryl methyl sites for hydroxylation is 1. The van der Waals surface area contributed by atoms with Crippen molar-refractivity contribution in [3.8, 4) is 6.07 Å². The molecule has 0 saturated heterocycles. The molecule has 0 spiro atoms. The second-order valence-electron chi connectivity index (χ2n) is 4.00. The first-order valence-corrected chi connectivity index (χ1v) is 5.44. The van der Waals surface area contributed by atoms with Gasteiger partial charge in [0.1, 0.15) is 0 Å². The van der Waals surface area contributed by atoms with Crippen molar-refractivity contribution < 1.29 is 0 Å². The van der Waals surface area contributed by atoms with E-state index in [0.29, 0.717) is 5.56 Å². The molecule has 1 heterocycles. The summed E-state index contributed by atoms with van der Waals surface area (Å²) in [5.74, 6) is 0. The fourth-order valence-corrected chi connectivity index (χ4v) is 1.68. The molecule has 86 valence electrons. The summed E-state index contributed by atoms with van der Waals surface area (Å²) in [6.07, 6.45) is 3.72. The average Bonchev–Trinajstić information content (AvgIpc) is 2.75. The summed E-state index contributed by atoms with van der Waals surface area (Å²) in [6.45, 7) is 2.08. The third-order valence-electron chi connectivity index (χ3n) is 2.63. The summed E-state index contributed by atoms with van der Waals surface area (Å²) < 4.78 is 1.76. The van der Waals surface area contributed by atoms with Gasteiger partial charge in [0.25, 0.3) is 0 Å². The molecule has 0 saturated carbocycles. The van der Waals surface area contributed by atoms with Gasteiger partial charge in [0.15, 0.2) is 0 Å². The van der Waals surface area contributed by atoms with Crippen molar-refractivity contribution in [2.45, 2.75) is 13.0 Å². The molecule has 1 unspecified atom stereocenters. The van der Waals surface area contributed by atoms with Crippen LogP contribution in [0.4, 0.5) is 5.69 Å². The maximum atomic E-state index is 8.73. The monoisotopic (exact) mass is 226 g/mol. The molecule has 2 aromatic rings. The van der Waals surface area contributed by atoms with Crippen LogP contribution in [0.25, 0.3) is 0 Å². The first-order chi connectivity index (χ1) is 8.19. The van der Waals surface area contributed by atoms with E-state index in [1.54, 1.807) is 10.9 Å². The van der Waals surface area contributed by atoms with E-state index >= 15 is 0 Å². The van der Waals surface area contributed by atoms with Gasteiger partial charge in [-0.15, -0.1) is 0 Å². The minimum atomic E-state index is 0.187. The number of nitrogens with zero attached hydrogens (tertiary/aromatic N) is 3. The van der Waals surface area contributed by atoms with Crippen LogP contribution in [0, 0.1) is 11.3 Å². The third kappa shape index (κ3) is 2.64. The molecule has 1 atom stereocenters. The lowest BCUT2D eigenvalue weighted by molar-refractivity contribution is 0.767. The van der Waals surface area contributed by atoms with Crippen molar-refractivity contribution in [1.82, 2.24) is 9.78 Å². The van der Waals surface area contributed by atoms with E-state index in [1.165, 1.54) is 0 Å². The summed E-state index contributed by atoms with van der Waals surface area (Å²) in [5, 5.41) is 16.2. The SMILES string of the molecule is CC(Nc1cnn(C)c1)c1ccc(C#N)cc1. The highest BCUT2D eigenvalue weighted by molar-refractivity contribution is 5.42. The number of nitrogens with one attached hydrogen (secondary N) is 1. The van der Waals surface area contributed by atoms with Gasteiger partial charge in [-0.05, 0) is 24.6 Å². The first-order valence-electron chi connectivity index (χ1n) is 5.44. The van der Waals surface area contributed by atoms with Crippen LogP contribution in [0.1, 0.15) is 24.1 Å². The van der Waals surface area contributed by atoms with Crippen molar-refractivity contribution >= 4 is 5.69 Å². The molecule has 0 bridgehead atoms. The highest BCUT2D eigenvalue weighted by atomic mass is 15.3. The number of nitriles is 1. The Bertz CT molecular complexity index is 533. The number of anilines is 1. The Labute approximate surface area is 100 Å². The molecule has 0 amide bonds. The van der Waals surface area contributed by atoms with Gasteiger partial charge in [-0.2, -0.15) is 10.4 Å². The van der Waals surface area contributed by atoms with Crippen molar-refractivity contribution in [3.05, 3.63) is 47.8 Å². The van der Waals surface area contributed by atoms with E-state index in [1.807, 2.05) is 37.5 Å². The van der Waals surface area contributed by atoms with E-state index in [4.69, 9.17) is 5.26 Å². The standard InChI is InChI=1S/C13H14N4/c1-10(16-13-8-15-17(2)9-13)12-5-3-11(7-14)4-6-12/h3-6,8-10,16H,1-2H3. The number of rotatable bonds is 3. The largest absolute Gasteiger partial charge is 0.376 e. The van der Waals surface area contributed by atoms with Crippen molar-refractivity contribution in [3.63, 3.8) is 0 Å². The Balaban J connectivity index is 2.09. The normalized spacial score (nSPS) is 11.8. The minimum Gasteiger partial charge on any atom is -0.376 e. The third-order valence-corrected chi connectivity index (χ3v) is 2.63. The van der Waals surface area contributed by atoms with Gasteiger partial charge in [-0.1, -0.05) is 12.1 Å². The molecular weight excluding hydrogens is 212 g/mol. The zero-order valence-electron chi connectivity index (χ0n) is 9.88. The van der Waals surface area contributed by atoms with Gasteiger partial charge in [-0.3, -0.25) is 4.68 Å². The number of aromatic nitrogens is 2. The molecule has 0 aliphatic rings. The van der Waals surface area contributed by atoms with E-state index in [0.717, 1.165) is 11.3 Å². The lowest BCUT2D eigenvalue weighted by Gasteiger charge is -2.13. The van der Waals surface area contributed by atoms with E-state index in [2.05, 4.69) is 23.4 Å². The van der Waals surface area contributed by atoms with Crippen molar-refractivity contribution in [2.75, 3.05) is 5.32 Å². The summed E-state index contributed by atoms with van der Waals surface area (Å²) in [5.41, 5.74) is 2.82. The molecule has 1 aromatic carbocycles. The van der Waals surface area contributed by atoms with Gasteiger partial charge in [0.05, 0.1) is 23.5 Å². The molecule has 0 fully saturated rings. The van der Waals surface area contributed by atoms with Crippen LogP contribution in [-0.2, 0) is 7.05 Å². The smallest absolute Gasteiger partial charge is 0.0991 e. The Morgan fingerprint density at radius 3 is 2.59 bits per heavy atom. The molecular formula is C13H14N4. The molecule has 1 N–H and O–H groups in total. The van der Waals surface area contributed by atoms with Gasteiger partial charge in [0.2, 0.25) is 0 Å². The van der Waals surface area contributed by atoms with Crippen LogP contribution in [0.3, 0.4) is 0 Å². The van der Waals surface area contributed by atoms with E-state index < -0.39 is 0 Å². The topological polar surface area (TPSA) is 53.6 Å². The van der Waals surface area contributed by atoms with Crippen molar-refractivity contribution in [1.29, 1.82) is 5.26 Å². The Morgan fingerprint density at radius 1 is 1.35 bits per heavy atom. The summed E-state index contributed by atoms with van der Waals surface area (Å²) in [6, 6.07) is 9.89. The van der Waals surface area contributed by atoms with Crippen LogP contribution in [0.15, 0.2) is 36.7 Å². The van der Waals surface area contributed by atoms with Crippen LogP contribution in [0.5, 0.6) is 0 Å². The number of hydrogen-bond acceptors (Lipinski definition) is 3. The van der Waals surface area contributed by atoms with Crippen LogP contribution in [0.2, 0.25) is 0 Å². The predicted molar refractivity (Wildman–Crippen MR) is 66.4 cm³/mol. The number of hydrogen-bond donors (Lipinski definition) is 1. The van der Waals surface area contributed by atoms with E-state index in [9.17, 15) is 0 Å². The summed E-state index contributed by atoms with van der Waals surface area (Å²) in [7, 11) is 1.89. The highest BCUT2D eigenvalue weighted by Gasteiger charge is 2.06. The zero-order valence-corrected chi connectivity index (χ0v) is 9.88. The quantitative estimate of drug-likeness (QED) is 0.874. The summed E-state index contributed by atoms with van der Waals surface area (Å²) >= 11 is 0. The van der Waals surface area contributed by atoms with Crippen molar-refractivity contribution in [2.24, 2.45) is 7.05 Å². The lowest BCUT2D eigenvalue weighted by atomic mass is 10.1. The van der Waals surface area contributed by atoms with Gasteiger partial charge >= 0.3 is 0 Å². The first kappa shape index (κ1) is 11.2. The molecule has 0 aliphatic heterocycles. The Kier molecular flexibility index (Phi) is 3.10. The molecule has 4 heteroatoms. The molecule has 4 nitrogen and oxygen atoms in total. The maximum absolute atomic E-state index is 8.73. The van der Waals surface area contributed by atoms with Gasteiger partial charge < -0.3 is 5.32 Å². The highest BCUT2D eigenvalue weighted by Crippen LogP contribution is 2.18. The van der Waals surface area contributed by atoms with Crippen LogP contribution >= 0.6 is 0 Å². The maximum Gasteiger partial charge on any atom is 0.0991 e. The zero-order chi connectivity index (χ0) is 12.3. The fraction of sp³-hybridized carbons (Fsp3) is 0.231. The lowest BCUT2D eigenvalue weighted by Crippen LogP contribution is -2.05. The van der Waals surface area contributed by atoms with Crippen LogP contribution in [-0.4, -0.2) is 9.78 Å².